The van der Waals surface area contributed by atoms with E-state index in [2.05, 4.69) is 5.32 Å². The Labute approximate surface area is 141 Å². The van der Waals surface area contributed by atoms with Crippen molar-refractivity contribution in [3.8, 4) is 11.1 Å². The summed E-state index contributed by atoms with van der Waals surface area (Å²) in [5, 5.41) is 2.96. The Morgan fingerprint density at radius 3 is 2.83 bits per heavy atom. The molecule has 2 heterocycles. The molecule has 0 spiro atoms. The van der Waals surface area contributed by atoms with Gasteiger partial charge in [0.15, 0.2) is 0 Å². The number of ether oxygens (including phenoxy) is 1. The van der Waals surface area contributed by atoms with Gasteiger partial charge in [-0.25, -0.2) is 0 Å². The number of aromatic nitrogens is 1. The zero-order valence-electron chi connectivity index (χ0n) is 13.9. The van der Waals surface area contributed by atoms with Crippen molar-refractivity contribution < 1.29 is 9.53 Å². The maximum absolute atomic E-state index is 12.8. The predicted molar refractivity (Wildman–Crippen MR) is 93.3 cm³/mol. The predicted octanol–water partition coefficient (Wildman–Crippen LogP) is 2.23. The first-order chi connectivity index (χ1) is 11.7. The summed E-state index contributed by atoms with van der Waals surface area (Å²) in [6, 6.07) is 11.2. The Morgan fingerprint density at radius 1 is 1.29 bits per heavy atom. The monoisotopic (exact) mass is 326 g/mol. The molecule has 1 aliphatic rings. The number of benzene rings is 1. The fourth-order valence-corrected chi connectivity index (χ4v) is 3.21. The molecule has 5 heteroatoms. The standard InChI is InChI=1S/C19H22N2O3/c1-24-12-6-10-20-19(23)18-15(14-7-3-2-4-8-14)13-17(22)21-11-5-9-16(18)21/h2-4,7-8,13H,5-6,9-12H2,1H3,(H,20,23). The lowest BCUT2D eigenvalue weighted by Crippen LogP contribution is -2.30. The van der Waals surface area contributed by atoms with Gasteiger partial charge in [-0.2, -0.15) is 0 Å². The van der Waals surface area contributed by atoms with Gasteiger partial charge < -0.3 is 14.6 Å². The highest BCUT2D eigenvalue weighted by atomic mass is 16.5. The van der Waals surface area contributed by atoms with E-state index in [1.807, 2.05) is 30.3 Å². The van der Waals surface area contributed by atoms with Crippen LogP contribution in [0.1, 0.15) is 28.9 Å². The van der Waals surface area contributed by atoms with Gasteiger partial charge in [0, 0.05) is 44.1 Å². The number of carbonyl (C=O) groups is 1. The fraction of sp³-hybridized carbons (Fsp3) is 0.368. The minimum atomic E-state index is -0.115. The Kier molecular flexibility index (Phi) is 5.11. The van der Waals surface area contributed by atoms with E-state index in [1.54, 1.807) is 17.7 Å². The lowest BCUT2D eigenvalue weighted by molar-refractivity contribution is 0.0947. The highest BCUT2D eigenvalue weighted by molar-refractivity contribution is 6.02. The zero-order chi connectivity index (χ0) is 16.9. The molecule has 0 saturated heterocycles. The number of rotatable bonds is 6. The molecule has 1 amide bonds. The largest absolute Gasteiger partial charge is 0.385 e. The topological polar surface area (TPSA) is 60.3 Å². The molecule has 2 aromatic rings. The molecule has 24 heavy (non-hydrogen) atoms. The maximum atomic E-state index is 12.8. The van der Waals surface area contributed by atoms with Gasteiger partial charge in [-0.1, -0.05) is 30.3 Å². The van der Waals surface area contributed by atoms with Crippen LogP contribution < -0.4 is 10.9 Å². The Bertz CT molecular complexity index is 781. The third-order valence-electron chi connectivity index (χ3n) is 4.34. The average Bonchev–Trinajstić information content (AvgIpc) is 3.09. The number of hydrogen-bond donors (Lipinski definition) is 1. The van der Waals surface area contributed by atoms with Crippen LogP contribution in [0.4, 0.5) is 0 Å². The molecule has 1 aliphatic heterocycles. The van der Waals surface area contributed by atoms with Crippen molar-refractivity contribution in [3.63, 3.8) is 0 Å². The molecular weight excluding hydrogens is 304 g/mol. The summed E-state index contributed by atoms with van der Waals surface area (Å²) in [6.45, 7) is 1.85. The van der Waals surface area contributed by atoms with E-state index < -0.39 is 0 Å². The van der Waals surface area contributed by atoms with E-state index in [4.69, 9.17) is 4.74 Å². The van der Waals surface area contributed by atoms with Crippen LogP contribution in [0, 0.1) is 0 Å². The molecular formula is C19H22N2O3. The Morgan fingerprint density at radius 2 is 2.08 bits per heavy atom. The number of carbonyl (C=O) groups excluding carboxylic acids is 1. The van der Waals surface area contributed by atoms with Gasteiger partial charge in [0.25, 0.3) is 11.5 Å². The van der Waals surface area contributed by atoms with Gasteiger partial charge in [-0.3, -0.25) is 9.59 Å². The average molecular weight is 326 g/mol. The molecule has 0 atom stereocenters. The molecule has 1 aromatic carbocycles. The molecule has 0 aliphatic carbocycles. The van der Waals surface area contributed by atoms with Crippen LogP contribution in [0.3, 0.4) is 0 Å². The second kappa shape index (κ2) is 7.45. The normalized spacial score (nSPS) is 12.9. The lowest BCUT2D eigenvalue weighted by atomic mass is 9.97. The third-order valence-corrected chi connectivity index (χ3v) is 4.34. The number of fused-ring (bicyclic) bond motifs is 1. The van der Waals surface area contributed by atoms with Gasteiger partial charge in [-0.15, -0.1) is 0 Å². The second-order valence-electron chi connectivity index (χ2n) is 5.94. The van der Waals surface area contributed by atoms with Crippen LogP contribution in [0.2, 0.25) is 0 Å². The lowest BCUT2D eigenvalue weighted by Gasteiger charge is -2.15. The number of nitrogens with zero attached hydrogens (tertiary/aromatic N) is 1. The maximum Gasteiger partial charge on any atom is 0.253 e. The highest BCUT2D eigenvalue weighted by Crippen LogP contribution is 2.28. The van der Waals surface area contributed by atoms with E-state index >= 15 is 0 Å². The molecule has 0 unspecified atom stereocenters. The number of amides is 1. The molecule has 1 N–H and O–H groups in total. The second-order valence-corrected chi connectivity index (χ2v) is 5.94. The van der Waals surface area contributed by atoms with Gasteiger partial charge in [0.05, 0.1) is 5.56 Å². The number of nitrogens with one attached hydrogen (secondary N) is 1. The zero-order valence-corrected chi connectivity index (χ0v) is 13.9. The molecule has 0 saturated carbocycles. The van der Waals surface area contributed by atoms with Gasteiger partial charge in [0.2, 0.25) is 0 Å². The molecule has 3 rings (SSSR count). The first kappa shape index (κ1) is 16.5. The number of methoxy groups -OCH3 is 1. The molecule has 126 valence electrons. The highest BCUT2D eigenvalue weighted by Gasteiger charge is 2.24. The summed E-state index contributed by atoms with van der Waals surface area (Å²) in [5.41, 5.74) is 3.07. The van der Waals surface area contributed by atoms with Crippen LogP contribution in [-0.2, 0) is 17.7 Å². The molecule has 0 bridgehead atoms. The summed E-state index contributed by atoms with van der Waals surface area (Å²) in [6.07, 6.45) is 2.42. The summed E-state index contributed by atoms with van der Waals surface area (Å²) < 4.78 is 6.75. The summed E-state index contributed by atoms with van der Waals surface area (Å²) >= 11 is 0. The van der Waals surface area contributed by atoms with Crippen molar-refractivity contribution in [1.29, 1.82) is 0 Å². The number of pyridine rings is 1. The van der Waals surface area contributed by atoms with Crippen LogP contribution in [-0.4, -0.2) is 30.7 Å². The molecule has 0 radical (unpaired) electrons. The van der Waals surface area contributed by atoms with Crippen LogP contribution in [0.15, 0.2) is 41.2 Å². The minimum Gasteiger partial charge on any atom is -0.385 e. The summed E-state index contributed by atoms with van der Waals surface area (Å²) in [4.78, 5) is 25.2. The van der Waals surface area contributed by atoms with Crippen LogP contribution in [0.5, 0.6) is 0 Å². The van der Waals surface area contributed by atoms with E-state index in [-0.39, 0.29) is 11.5 Å². The molecule has 1 aromatic heterocycles. The van der Waals surface area contributed by atoms with E-state index in [0.29, 0.717) is 25.3 Å². The van der Waals surface area contributed by atoms with Gasteiger partial charge >= 0.3 is 0 Å². The first-order valence-electron chi connectivity index (χ1n) is 8.31. The van der Waals surface area contributed by atoms with Crippen molar-refractivity contribution >= 4 is 5.91 Å². The SMILES string of the molecule is COCCCNC(=O)c1c(-c2ccccc2)cc(=O)n2c1CCC2. The van der Waals surface area contributed by atoms with Gasteiger partial charge in [-0.05, 0) is 24.8 Å². The molecule has 5 nitrogen and oxygen atoms in total. The quantitative estimate of drug-likeness (QED) is 0.828. The number of hydrogen-bond acceptors (Lipinski definition) is 3. The van der Waals surface area contributed by atoms with Crippen molar-refractivity contribution in [2.75, 3.05) is 20.3 Å². The summed E-state index contributed by atoms with van der Waals surface area (Å²) in [7, 11) is 1.64. The minimum absolute atomic E-state index is 0.0303. The van der Waals surface area contributed by atoms with Crippen molar-refractivity contribution in [2.45, 2.75) is 25.8 Å². The van der Waals surface area contributed by atoms with Crippen molar-refractivity contribution in [2.24, 2.45) is 0 Å². The van der Waals surface area contributed by atoms with Crippen molar-refractivity contribution in [3.05, 3.63) is 58.0 Å². The Balaban J connectivity index is 2.01. The first-order valence-corrected chi connectivity index (χ1v) is 8.31. The third kappa shape index (κ3) is 3.26. The van der Waals surface area contributed by atoms with Crippen molar-refractivity contribution in [1.82, 2.24) is 9.88 Å². The Hall–Kier alpha value is -2.40. The van der Waals surface area contributed by atoms with Gasteiger partial charge in [0.1, 0.15) is 0 Å². The van der Waals surface area contributed by atoms with E-state index in [1.165, 1.54) is 0 Å². The molecule has 0 fully saturated rings. The van der Waals surface area contributed by atoms with E-state index in [0.717, 1.165) is 36.1 Å². The van der Waals surface area contributed by atoms with Crippen LogP contribution in [0.25, 0.3) is 11.1 Å². The summed E-state index contributed by atoms with van der Waals surface area (Å²) in [5.74, 6) is -0.115. The fourth-order valence-electron chi connectivity index (χ4n) is 3.21. The van der Waals surface area contributed by atoms with E-state index in [9.17, 15) is 9.59 Å². The van der Waals surface area contributed by atoms with Crippen LogP contribution >= 0.6 is 0 Å². The smallest absolute Gasteiger partial charge is 0.253 e.